The second-order valence-corrected chi connectivity index (χ2v) is 4.56. The summed E-state index contributed by atoms with van der Waals surface area (Å²) in [6.07, 6.45) is -5.93. The van der Waals surface area contributed by atoms with Crippen LogP contribution in [0.2, 0.25) is 0 Å². The van der Waals surface area contributed by atoms with Crippen LogP contribution in [0.1, 0.15) is 0 Å². The molecule has 0 saturated carbocycles. The van der Waals surface area contributed by atoms with Crippen LogP contribution in [0.15, 0.2) is 23.0 Å². The first-order valence-corrected chi connectivity index (χ1v) is 6.33. The van der Waals surface area contributed by atoms with E-state index < -0.39 is 72.6 Å². The van der Waals surface area contributed by atoms with Crippen LogP contribution in [0.25, 0.3) is 0 Å². The maximum atomic E-state index is 10.7. The third-order valence-corrected chi connectivity index (χ3v) is 2.90. The Bertz CT molecular complexity index is 520. The monoisotopic (exact) mass is 405 g/mol. The van der Waals surface area contributed by atoms with Gasteiger partial charge in [0, 0.05) is 5.76 Å². The number of rotatable bonds is 4. The van der Waals surface area contributed by atoms with Crippen molar-refractivity contribution in [3.05, 3.63) is 23.0 Å². The van der Waals surface area contributed by atoms with Crippen molar-refractivity contribution in [2.45, 2.75) is 24.4 Å². The first-order valence-electron chi connectivity index (χ1n) is 6.33. The van der Waals surface area contributed by atoms with E-state index in [2.05, 4.69) is 9.47 Å². The molecule has 2 rings (SSSR count). The van der Waals surface area contributed by atoms with Gasteiger partial charge in [0.1, 0.15) is 24.1 Å². The van der Waals surface area contributed by atoms with Gasteiger partial charge in [-0.1, -0.05) is 5.76 Å². The molecule has 0 fully saturated rings. The number of hydrogen-bond acceptors (Lipinski definition) is 12. The van der Waals surface area contributed by atoms with Gasteiger partial charge in [0.25, 0.3) is 0 Å². The Kier molecular flexibility index (Phi) is 8.69. The van der Waals surface area contributed by atoms with Crippen molar-refractivity contribution < 1.29 is 77.0 Å². The van der Waals surface area contributed by atoms with Gasteiger partial charge in [-0.15, -0.1) is 0 Å². The molecule has 0 aliphatic carbocycles. The zero-order valence-electron chi connectivity index (χ0n) is 12.2. The Labute approximate surface area is 150 Å². The van der Waals surface area contributed by atoms with Gasteiger partial charge in [0.15, 0.2) is 6.10 Å². The van der Waals surface area contributed by atoms with Crippen molar-refractivity contribution in [3.8, 4) is 0 Å². The van der Waals surface area contributed by atoms with Crippen molar-refractivity contribution in [2.75, 3.05) is 13.2 Å². The van der Waals surface area contributed by atoms with Gasteiger partial charge < -0.3 is 50.3 Å². The Balaban J connectivity index is 0.000000443. The summed E-state index contributed by atoms with van der Waals surface area (Å²) < 4.78 is 8.44. The van der Waals surface area contributed by atoms with Gasteiger partial charge in [-0.25, -0.2) is 9.59 Å². The molecule has 2 aliphatic heterocycles. The Morgan fingerprint density at radius 1 is 0.880 bits per heavy atom. The second-order valence-electron chi connectivity index (χ2n) is 4.56. The van der Waals surface area contributed by atoms with Crippen LogP contribution < -0.4 is 15.3 Å². The summed E-state index contributed by atoms with van der Waals surface area (Å²) in [5.74, 6) is -6.93. The molecule has 0 aromatic rings. The van der Waals surface area contributed by atoms with Crippen molar-refractivity contribution in [1.82, 2.24) is 0 Å². The molecule has 0 unspecified atom stereocenters. The van der Waals surface area contributed by atoms with E-state index in [4.69, 9.17) is 25.5 Å². The van der Waals surface area contributed by atoms with Gasteiger partial charge in [-0.3, -0.25) is 0 Å². The van der Waals surface area contributed by atoms with Crippen LogP contribution in [-0.4, -0.2) is 75.1 Å². The first kappa shape index (κ1) is 23.0. The Morgan fingerprint density at radius 2 is 1.28 bits per heavy atom. The van der Waals surface area contributed by atoms with E-state index in [1.165, 1.54) is 0 Å². The maximum Gasteiger partial charge on any atom is 2.00 e. The summed E-state index contributed by atoms with van der Waals surface area (Å²) in [5, 5.41) is 75.3. The van der Waals surface area contributed by atoms with Crippen LogP contribution in [0, 0.1) is 0 Å². The van der Waals surface area contributed by atoms with Crippen molar-refractivity contribution in [2.24, 2.45) is 0 Å². The normalized spacial score (nSPS) is 24.8. The van der Waals surface area contributed by atoms with E-state index in [1.54, 1.807) is 0 Å². The third kappa shape index (κ3) is 4.98. The predicted octanol–water partition coefficient (Wildman–Crippen LogP) is -6.41. The molecule has 0 spiro atoms. The second kappa shape index (κ2) is 9.46. The third-order valence-electron chi connectivity index (χ3n) is 2.90. The molecule has 13 heteroatoms. The number of aliphatic hydroxyl groups excluding tert-OH is 5. The molecule has 2 heterocycles. The molecule has 0 saturated heterocycles. The molecule has 4 atom stereocenters. The molecular formula is C12H13FeO12-. The van der Waals surface area contributed by atoms with Crippen LogP contribution in [0.4, 0.5) is 0 Å². The maximum absolute atomic E-state index is 10.7. The molecule has 5 N–H and O–H groups in total. The van der Waals surface area contributed by atoms with Gasteiger partial charge in [0.2, 0.25) is 0 Å². The van der Waals surface area contributed by atoms with Gasteiger partial charge >= 0.3 is 29.0 Å². The Morgan fingerprint density at radius 3 is 1.60 bits per heavy atom. The van der Waals surface area contributed by atoms with Crippen LogP contribution in [0.5, 0.6) is 0 Å². The fraction of sp³-hybridized carbons (Fsp3) is 0.500. The Hall–Kier alpha value is -2.02. The minimum absolute atomic E-state index is 0. The van der Waals surface area contributed by atoms with E-state index in [1.807, 2.05) is 0 Å². The average Bonchev–Trinajstić information content (AvgIpc) is 2.98. The number of aliphatic hydroxyl groups is 5. The van der Waals surface area contributed by atoms with Crippen LogP contribution in [0.3, 0.4) is 0 Å². The van der Waals surface area contributed by atoms with Crippen LogP contribution >= 0.6 is 0 Å². The van der Waals surface area contributed by atoms with Gasteiger partial charge in [0.05, 0.1) is 13.2 Å². The van der Waals surface area contributed by atoms with E-state index in [9.17, 15) is 24.9 Å². The fourth-order valence-electron chi connectivity index (χ4n) is 1.62. The zero-order valence-corrected chi connectivity index (χ0v) is 13.3. The SMILES string of the molecule is O=C1O[C@H]([C@@H](O)CO)C(O)=C1[O-].O=C1O[C@H]([C@@H](O)CO)C([O-])=C1[O-].[Fe+2]. The van der Waals surface area contributed by atoms with Crippen LogP contribution in [-0.2, 0) is 36.1 Å². The summed E-state index contributed by atoms with van der Waals surface area (Å²) in [5.41, 5.74) is 0. The number of hydrogen-bond donors (Lipinski definition) is 5. The molecule has 25 heavy (non-hydrogen) atoms. The molecule has 0 aromatic heterocycles. The van der Waals surface area contributed by atoms with Crippen molar-refractivity contribution in [1.29, 1.82) is 0 Å². The smallest absolute Gasteiger partial charge is 0.873 e. The van der Waals surface area contributed by atoms with Gasteiger partial charge in [-0.05, 0) is 5.76 Å². The summed E-state index contributed by atoms with van der Waals surface area (Å²) >= 11 is 0. The number of carbonyl (C=O) groups excluding carboxylic acids is 2. The molecule has 12 nitrogen and oxygen atoms in total. The zero-order chi connectivity index (χ0) is 18.6. The number of carbonyl (C=O) groups is 2. The molecule has 0 aromatic carbocycles. The topological polar surface area (TPSA) is 223 Å². The minimum Gasteiger partial charge on any atom is -0.873 e. The molecule has 0 bridgehead atoms. The predicted molar refractivity (Wildman–Crippen MR) is 62.6 cm³/mol. The first-order chi connectivity index (χ1) is 11.1. The van der Waals surface area contributed by atoms with E-state index in [0.717, 1.165) is 0 Å². The standard InChI is InChI=1S/2C6H8O6.Fe/c2*7-1-2(8)5-3(9)4(10)6(11)12-5;/h2*2,5,7-10H,1H2;/q;;+2/p-3/t2*2-,5+;/m00./s1. The molecule has 0 radical (unpaired) electrons. The van der Waals surface area contributed by atoms with E-state index in [-0.39, 0.29) is 17.1 Å². The van der Waals surface area contributed by atoms with Crippen molar-refractivity contribution >= 4 is 11.9 Å². The van der Waals surface area contributed by atoms with Crippen molar-refractivity contribution in [3.63, 3.8) is 0 Å². The number of esters is 2. The van der Waals surface area contributed by atoms with Gasteiger partial charge in [-0.2, -0.15) is 0 Å². The molecule has 142 valence electrons. The summed E-state index contributed by atoms with van der Waals surface area (Å²) in [4.78, 5) is 20.9. The average molecular weight is 405 g/mol. The summed E-state index contributed by atoms with van der Waals surface area (Å²) in [7, 11) is 0. The largest absolute Gasteiger partial charge is 2.00 e. The minimum atomic E-state index is -1.53. The summed E-state index contributed by atoms with van der Waals surface area (Å²) in [6.45, 7) is -1.44. The quantitative estimate of drug-likeness (QED) is 0.218. The summed E-state index contributed by atoms with van der Waals surface area (Å²) in [6, 6.07) is 0. The molecular weight excluding hydrogens is 392 g/mol. The number of cyclic esters (lactones) is 2. The molecule has 2 aliphatic rings. The number of ether oxygens (including phenoxy) is 2. The fourth-order valence-corrected chi connectivity index (χ4v) is 1.62. The van der Waals surface area contributed by atoms with E-state index in [0.29, 0.717) is 0 Å². The molecule has 0 amide bonds. The van der Waals surface area contributed by atoms with E-state index >= 15 is 0 Å².